The average Bonchev–Trinajstić information content (AvgIpc) is 2.54. The number of fused-ring (bicyclic) bond motifs is 1. The molecular weight excluding hydrogens is 250 g/mol. The first-order valence-corrected chi connectivity index (χ1v) is 7.48. The fraction of sp³-hybridized carbons (Fsp3) is 0.538. The van der Waals surface area contributed by atoms with Crippen molar-refractivity contribution in [3.05, 3.63) is 35.4 Å². The van der Waals surface area contributed by atoms with Gasteiger partial charge in [-0.3, -0.25) is 0 Å². The molecule has 0 spiro atoms. The van der Waals surface area contributed by atoms with E-state index in [1.807, 2.05) is 24.3 Å². The number of benzene rings is 1. The molecule has 100 valence electrons. The maximum absolute atomic E-state index is 12.1. The highest BCUT2D eigenvalue weighted by atomic mass is 32.2. The van der Waals surface area contributed by atoms with E-state index in [0.717, 1.165) is 11.1 Å². The molecule has 0 fully saturated rings. The molecule has 0 radical (unpaired) electrons. The molecule has 0 unspecified atom stereocenters. The molecule has 0 aliphatic heterocycles. The standard InChI is InChI=1S/C13H19NO3S/c1-13(2,3)18(16,17)14-12-10-7-5-4-6-9(10)8-11(12)15/h4-7,11-12,14-15H,8H2,1-3H3/t11-,12+/m0/s1. The van der Waals surface area contributed by atoms with Crippen LogP contribution in [0.25, 0.3) is 0 Å². The molecule has 1 aliphatic rings. The summed E-state index contributed by atoms with van der Waals surface area (Å²) in [5.41, 5.74) is 1.88. The van der Waals surface area contributed by atoms with Gasteiger partial charge in [-0.1, -0.05) is 24.3 Å². The van der Waals surface area contributed by atoms with Crippen LogP contribution in [0.15, 0.2) is 24.3 Å². The van der Waals surface area contributed by atoms with Gasteiger partial charge in [0.2, 0.25) is 10.0 Å². The molecule has 5 heteroatoms. The van der Waals surface area contributed by atoms with Gasteiger partial charge in [0.1, 0.15) is 0 Å². The second-order valence-electron chi connectivity index (χ2n) is 5.68. The lowest BCUT2D eigenvalue weighted by Gasteiger charge is -2.25. The van der Waals surface area contributed by atoms with Gasteiger partial charge in [0.15, 0.2) is 0 Å². The van der Waals surface area contributed by atoms with Crippen molar-refractivity contribution in [2.75, 3.05) is 0 Å². The number of aliphatic hydroxyl groups is 1. The summed E-state index contributed by atoms with van der Waals surface area (Å²) in [5, 5.41) is 10.0. The Morgan fingerprint density at radius 3 is 2.50 bits per heavy atom. The lowest BCUT2D eigenvalue weighted by atomic mass is 10.1. The molecule has 0 bridgehead atoms. The molecule has 0 amide bonds. The molecular formula is C13H19NO3S. The summed E-state index contributed by atoms with van der Waals surface area (Å²) in [4.78, 5) is 0. The number of sulfonamides is 1. The van der Waals surface area contributed by atoms with E-state index in [-0.39, 0.29) is 0 Å². The Balaban J connectivity index is 2.31. The molecule has 0 heterocycles. The van der Waals surface area contributed by atoms with Crippen LogP contribution in [-0.2, 0) is 16.4 Å². The van der Waals surface area contributed by atoms with Crippen molar-refractivity contribution in [2.45, 2.75) is 44.1 Å². The van der Waals surface area contributed by atoms with Crippen molar-refractivity contribution in [1.82, 2.24) is 4.72 Å². The van der Waals surface area contributed by atoms with Crippen molar-refractivity contribution in [3.8, 4) is 0 Å². The van der Waals surface area contributed by atoms with E-state index >= 15 is 0 Å². The molecule has 0 saturated carbocycles. The van der Waals surface area contributed by atoms with Crippen LogP contribution in [0, 0.1) is 0 Å². The van der Waals surface area contributed by atoms with Crippen LogP contribution in [0.4, 0.5) is 0 Å². The van der Waals surface area contributed by atoms with Gasteiger partial charge in [0.25, 0.3) is 0 Å². The molecule has 4 nitrogen and oxygen atoms in total. The van der Waals surface area contributed by atoms with Gasteiger partial charge < -0.3 is 5.11 Å². The number of rotatable bonds is 2. The lowest BCUT2D eigenvalue weighted by molar-refractivity contribution is 0.151. The number of aliphatic hydroxyl groups excluding tert-OH is 1. The van der Waals surface area contributed by atoms with Gasteiger partial charge in [-0.15, -0.1) is 0 Å². The number of nitrogens with one attached hydrogen (secondary N) is 1. The van der Waals surface area contributed by atoms with Crippen LogP contribution >= 0.6 is 0 Å². The third-order valence-corrected chi connectivity index (χ3v) is 5.47. The zero-order valence-corrected chi connectivity index (χ0v) is 11.7. The van der Waals surface area contributed by atoms with E-state index in [2.05, 4.69) is 4.72 Å². The Bertz CT molecular complexity index is 546. The smallest absolute Gasteiger partial charge is 0.217 e. The first kappa shape index (κ1) is 13.5. The molecule has 18 heavy (non-hydrogen) atoms. The van der Waals surface area contributed by atoms with Crippen molar-refractivity contribution >= 4 is 10.0 Å². The quantitative estimate of drug-likeness (QED) is 0.852. The first-order chi connectivity index (χ1) is 8.22. The minimum atomic E-state index is -3.47. The highest BCUT2D eigenvalue weighted by molar-refractivity contribution is 7.90. The minimum Gasteiger partial charge on any atom is -0.391 e. The average molecular weight is 269 g/mol. The van der Waals surface area contributed by atoms with E-state index in [1.54, 1.807) is 20.8 Å². The van der Waals surface area contributed by atoms with Gasteiger partial charge in [-0.05, 0) is 31.9 Å². The molecule has 0 saturated heterocycles. The van der Waals surface area contributed by atoms with Crippen LogP contribution in [0.5, 0.6) is 0 Å². The second-order valence-corrected chi connectivity index (χ2v) is 8.15. The molecule has 1 aromatic carbocycles. The predicted octanol–water partition coefficient (Wildman–Crippen LogP) is 1.36. The number of hydrogen-bond acceptors (Lipinski definition) is 3. The van der Waals surface area contributed by atoms with Crippen LogP contribution in [0.3, 0.4) is 0 Å². The maximum atomic E-state index is 12.1. The SMILES string of the molecule is CC(C)(C)S(=O)(=O)N[C@@H]1c2ccccc2C[C@@H]1O. The minimum absolute atomic E-state index is 0.494. The topological polar surface area (TPSA) is 66.4 Å². The van der Waals surface area contributed by atoms with Gasteiger partial charge in [-0.2, -0.15) is 0 Å². The third kappa shape index (κ3) is 2.30. The fourth-order valence-electron chi connectivity index (χ4n) is 2.06. The van der Waals surface area contributed by atoms with E-state index in [1.165, 1.54) is 0 Å². The summed E-state index contributed by atoms with van der Waals surface area (Å²) in [6.07, 6.45) is -0.201. The van der Waals surface area contributed by atoms with Crippen LogP contribution in [-0.4, -0.2) is 24.4 Å². The zero-order valence-electron chi connectivity index (χ0n) is 10.8. The Hall–Kier alpha value is -0.910. The molecule has 0 aromatic heterocycles. The van der Waals surface area contributed by atoms with E-state index in [0.29, 0.717) is 6.42 Å². The molecule has 1 aromatic rings. The van der Waals surface area contributed by atoms with Crippen molar-refractivity contribution in [2.24, 2.45) is 0 Å². The van der Waals surface area contributed by atoms with Crippen LogP contribution in [0.1, 0.15) is 37.9 Å². The summed E-state index contributed by atoms with van der Waals surface area (Å²) in [6.45, 7) is 4.92. The van der Waals surface area contributed by atoms with Crippen LogP contribution < -0.4 is 4.72 Å². The molecule has 2 rings (SSSR count). The Kier molecular flexibility index (Phi) is 3.25. The summed E-state index contributed by atoms with van der Waals surface area (Å²) in [7, 11) is -3.47. The predicted molar refractivity (Wildman–Crippen MR) is 70.7 cm³/mol. The summed E-state index contributed by atoms with van der Waals surface area (Å²) in [5.74, 6) is 0. The highest BCUT2D eigenvalue weighted by Crippen LogP contribution is 2.32. The molecule has 2 atom stereocenters. The summed E-state index contributed by atoms with van der Waals surface area (Å²) in [6, 6.07) is 7.00. The van der Waals surface area contributed by atoms with Gasteiger partial charge in [0, 0.05) is 6.42 Å². The Labute approximate surface area is 108 Å². The number of hydrogen-bond donors (Lipinski definition) is 2. The summed E-state index contributed by atoms with van der Waals surface area (Å²) < 4.78 is 26.0. The second kappa shape index (κ2) is 4.33. The van der Waals surface area contributed by atoms with E-state index in [9.17, 15) is 13.5 Å². The molecule has 1 aliphatic carbocycles. The van der Waals surface area contributed by atoms with Crippen molar-refractivity contribution in [1.29, 1.82) is 0 Å². The fourth-order valence-corrected chi connectivity index (χ4v) is 3.03. The highest BCUT2D eigenvalue weighted by Gasteiger charge is 2.38. The van der Waals surface area contributed by atoms with Crippen molar-refractivity contribution < 1.29 is 13.5 Å². The molecule has 2 N–H and O–H groups in total. The van der Waals surface area contributed by atoms with E-state index < -0.39 is 26.9 Å². The first-order valence-electron chi connectivity index (χ1n) is 6.00. The van der Waals surface area contributed by atoms with E-state index in [4.69, 9.17) is 0 Å². The largest absolute Gasteiger partial charge is 0.391 e. The zero-order chi connectivity index (χ0) is 13.6. The van der Waals surface area contributed by atoms with Crippen molar-refractivity contribution in [3.63, 3.8) is 0 Å². The van der Waals surface area contributed by atoms with Gasteiger partial charge >= 0.3 is 0 Å². The maximum Gasteiger partial charge on any atom is 0.217 e. The van der Waals surface area contributed by atoms with Crippen LogP contribution in [0.2, 0.25) is 0 Å². The Morgan fingerprint density at radius 1 is 1.28 bits per heavy atom. The van der Waals surface area contributed by atoms with Gasteiger partial charge in [0.05, 0.1) is 16.9 Å². The summed E-state index contributed by atoms with van der Waals surface area (Å²) >= 11 is 0. The normalized spacial score (nSPS) is 24.0. The monoisotopic (exact) mass is 269 g/mol. The third-order valence-electron chi connectivity index (χ3n) is 3.29. The van der Waals surface area contributed by atoms with Gasteiger partial charge in [-0.25, -0.2) is 13.1 Å². The lowest BCUT2D eigenvalue weighted by Crippen LogP contribution is -2.43. The Morgan fingerprint density at radius 2 is 1.89 bits per heavy atom.